The highest BCUT2D eigenvalue weighted by molar-refractivity contribution is 8.00. The van der Waals surface area contributed by atoms with Crippen molar-refractivity contribution in [3.63, 3.8) is 0 Å². The predicted octanol–water partition coefficient (Wildman–Crippen LogP) is 5.65. The number of carbonyl (C=O) groups excluding carboxylic acids is 1. The second-order valence-electron chi connectivity index (χ2n) is 5.09. The highest BCUT2D eigenvalue weighted by Crippen LogP contribution is 2.19. The van der Waals surface area contributed by atoms with E-state index in [0.717, 1.165) is 21.1 Å². The summed E-state index contributed by atoms with van der Waals surface area (Å²) in [5.41, 5.74) is 0.722. The summed E-state index contributed by atoms with van der Waals surface area (Å²) in [6.07, 6.45) is 0. The topological polar surface area (TPSA) is 26.3 Å². The van der Waals surface area contributed by atoms with E-state index in [-0.39, 0.29) is 5.78 Å². The first-order valence-corrected chi connectivity index (χ1v) is 9.21. The molecule has 3 aromatic carbocycles. The zero-order valence-corrected chi connectivity index (χ0v) is 15.7. The van der Waals surface area contributed by atoms with Crippen LogP contribution in [0.4, 0.5) is 0 Å². The van der Waals surface area contributed by atoms with E-state index in [2.05, 4.69) is 12.6 Å². The molecule has 0 heterocycles. The van der Waals surface area contributed by atoms with Crippen LogP contribution >= 0.6 is 24.4 Å². The maximum Gasteiger partial charge on any atom is 0.173 e. The summed E-state index contributed by atoms with van der Waals surface area (Å²) >= 11 is 5.64. The summed E-state index contributed by atoms with van der Waals surface area (Å²) in [5, 5.41) is 0. The van der Waals surface area contributed by atoms with Crippen LogP contribution in [0.1, 0.15) is 10.4 Å². The van der Waals surface area contributed by atoms with Crippen LogP contribution in [0.25, 0.3) is 0 Å². The van der Waals surface area contributed by atoms with E-state index in [0.29, 0.717) is 5.75 Å². The predicted molar refractivity (Wildman–Crippen MR) is 108 cm³/mol. The molecule has 4 heteroatoms. The van der Waals surface area contributed by atoms with E-state index < -0.39 is 0 Å². The Balaban J connectivity index is 0.000000269. The molecule has 0 N–H and O–H groups in total. The van der Waals surface area contributed by atoms with Crippen molar-refractivity contribution in [3.8, 4) is 5.75 Å². The molecule has 0 radical (unpaired) electrons. The number of ether oxygens (including phenoxy) is 1. The van der Waals surface area contributed by atoms with Crippen molar-refractivity contribution in [2.45, 2.75) is 9.79 Å². The Morgan fingerprint density at radius 1 is 0.880 bits per heavy atom. The van der Waals surface area contributed by atoms with Gasteiger partial charge in [-0.3, -0.25) is 4.79 Å². The Hall–Kier alpha value is -2.17. The molecule has 0 aliphatic heterocycles. The van der Waals surface area contributed by atoms with Gasteiger partial charge in [-0.1, -0.05) is 36.4 Å². The molecule has 0 saturated carbocycles. The molecule has 0 spiro atoms. The minimum atomic E-state index is 0.131. The highest BCUT2D eigenvalue weighted by Gasteiger charge is 2.06. The van der Waals surface area contributed by atoms with E-state index in [1.165, 1.54) is 0 Å². The lowest BCUT2D eigenvalue weighted by Crippen LogP contribution is -2.01. The first kappa shape index (κ1) is 19.2. The number of methoxy groups -OCH3 is 1. The molecule has 128 valence electrons. The van der Waals surface area contributed by atoms with Gasteiger partial charge in [0.1, 0.15) is 5.75 Å². The van der Waals surface area contributed by atoms with Gasteiger partial charge in [-0.2, -0.15) is 0 Å². The third-order valence-electron chi connectivity index (χ3n) is 3.28. The molecule has 25 heavy (non-hydrogen) atoms. The van der Waals surface area contributed by atoms with Crippen LogP contribution in [-0.4, -0.2) is 18.6 Å². The largest absolute Gasteiger partial charge is 0.497 e. The molecular weight excluding hydrogens is 348 g/mol. The second kappa shape index (κ2) is 10.6. The molecule has 0 aliphatic carbocycles. The molecule has 0 atom stereocenters. The smallest absolute Gasteiger partial charge is 0.173 e. The van der Waals surface area contributed by atoms with Gasteiger partial charge in [0.2, 0.25) is 0 Å². The van der Waals surface area contributed by atoms with Crippen molar-refractivity contribution in [1.29, 1.82) is 0 Å². The van der Waals surface area contributed by atoms with Gasteiger partial charge in [0.15, 0.2) is 5.78 Å². The van der Waals surface area contributed by atoms with Gasteiger partial charge >= 0.3 is 0 Å². The summed E-state index contributed by atoms with van der Waals surface area (Å²) < 4.78 is 5.06. The molecule has 0 unspecified atom stereocenters. The first-order chi connectivity index (χ1) is 12.2. The van der Waals surface area contributed by atoms with Gasteiger partial charge in [-0.15, -0.1) is 24.4 Å². The van der Waals surface area contributed by atoms with Crippen molar-refractivity contribution in [3.05, 3.63) is 90.5 Å². The first-order valence-electron chi connectivity index (χ1n) is 7.78. The van der Waals surface area contributed by atoms with Gasteiger partial charge in [0, 0.05) is 15.4 Å². The molecule has 0 aromatic heterocycles. The van der Waals surface area contributed by atoms with Gasteiger partial charge in [0.25, 0.3) is 0 Å². The van der Waals surface area contributed by atoms with Crippen molar-refractivity contribution in [1.82, 2.24) is 0 Å². The lowest BCUT2D eigenvalue weighted by atomic mass is 10.1. The van der Waals surface area contributed by atoms with Crippen LogP contribution in [-0.2, 0) is 0 Å². The van der Waals surface area contributed by atoms with Crippen molar-refractivity contribution >= 4 is 30.2 Å². The van der Waals surface area contributed by atoms with E-state index >= 15 is 0 Å². The summed E-state index contributed by atoms with van der Waals surface area (Å²) in [6, 6.07) is 26.9. The standard InChI is InChI=1S/C15H14O2S.C6H6S/c1-17-13-9-7-12(8-10-13)15(16)11-18-14-5-3-2-4-6-14;7-6-4-2-1-3-5-6/h2-10H,11H2,1H3;1-5,7H. The molecular formula is C21H20O2S2. The number of Topliss-reactive ketones (excluding diaryl/α,β-unsaturated/α-hetero) is 1. The van der Waals surface area contributed by atoms with Gasteiger partial charge < -0.3 is 4.74 Å². The molecule has 0 fully saturated rings. The number of ketones is 1. The van der Waals surface area contributed by atoms with Crippen molar-refractivity contribution in [2.24, 2.45) is 0 Å². The number of rotatable bonds is 5. The lowest BCUT2D eigenvalue weighted by Gasteiger charge is -2.03. The quantitative estimate of drug-likeness (QED) is 0.358. The second-order valence-corrected chi connectivity index (χ2v) is 6.65. The summed E-state index contributed by atoms with van der Waals surface area (Å²) in [4.78, 5) is 14.1. The number of benzene rings is 3. The number of hydrogen-bond donors (Lipinski definition) is 1. The fraction of sp³-hybridized carbons (Fsp3) is 0.0952. The highest BCUT2D eigenvalue weighted by atomic mass is 32.2. The number of thioether (sulfide) groups is 1. The summed E-state index contributed by atoms with van der Waals surface area (Å²) in [7, 11) is 1.61. The van der Waals surface area contributed by atoms with Crippen molar-refractivity contribution in [2.75, 3.05) is 12.9 Å². The van der Waals surface area contributed by atoms with Gasteiger partial charge in [-0.05, 0) is 48.5 Å². The van der Waals surface area contributed by atoms with E-state index in [1.54, 1.807) is 43.1 Å². The normalized spacial score (nSPS) is 9.68. The number of carbonyl (C=O) groups is 1. The number of hydrogen-bond acceptors (Lipinski definition) is 4. The van der Waals surface area contributed by atoms with E-state index in [9.17, 15) is 4.79 Å². The minimum absolute atomic E-state index is 0.131. The van der Waals surface area contributed by atoms with Crippen LogP contribution in [0.2, 0.25) is 0 Å². The maximum absolute atomic E-state index is 12.0. The SMILES string of the molecule is COc1ccc(C(=O)CSc2ccccc2)cc1.Sc1ccccc1. The van der Waals surface area contributed by atoms with Crippen LogP contribution in [0.3, 0.4) is 0 Å². The number of thiol groups is 1. The maximum atomic E-state index is 12.0. The molecule has 3 aromatic rings. The van der Waals surface area contributed by atoms with Crippen LogP contribution < -0.4 is 4.74 Å². The van der Waals surface area contributed by atoms with E-state index in [4.69, 9.17) is 4.74 Å². The molecule has 2 nitrogen and oxygen atoms in total. The molecule has 0 saturated heterocycles. The van der Waals surface area contributed by atoms with Crippen LogP contribution in [0, 0.1) is 0 Å². The fourth-order valence-electron chi connectivity index (χ4n) is 1.95. The van der Waals surface area contributed by atoms with E-state index in [1.807, 2.05) is 60.7 Å². The molecule has 3 rings (SSSR count). The Kier molecular flexibility index (Phi) is 8.16. The Bertz CT molecular complexity index is 757. The third-order valence-corrected chi connectivity index (χ3v) is 4.59. The van der Waals surface area contributed by atoms with Gasteiger partial charge in [0.05, 0.1) is 12.9 Å². The summed E-state index contributed by atoms with van der Waals surface area (Å²) in [5.74, 6) is 1.35. The molecule has 0 amide bonds. The molecule has 0 bridgehead atoms. The van der Waals surface area contributed by atoms with Crippen LogP contribution in [0.5, 0.6) is 5.75 Å². The average Bonchev–Trinajstić information content (AvgIpc) is 2.68. The lowest BCUT2D eigenvalue weighted by molar-refractivity contribution is 0.102. The Labute approximate surface area is 158 Å². The Morgan fingerprint density at radius 3 is 1.92 bits per heavy atom. The fourth-order valence-corrected chi connectivity index (χ4v) is 2.94. The minimum Gasteiger partial charge on any atom is -0.497 e. The van der Waals surface area contributed by atoms with Crippen LogP contribution in [0.15, 0.2) is 94.7 Å². The Morgan fingerprint density at radius 2 is 1.44 bits per heavy atom. The zero-order chi connectivity index (χ0) is 17.9. The zero-order valence-electron chi connectivity index (χ0n) is 14.0. The van der Waals surface area contributed by atoms with Gasteiger partial charge in [-0.25, -0.2) is 0 Å². The third kappa shape index (κ3) is 7.08. The average molecular weight is 369 g/mol. The summed E-state index contributed by atoms with van der Waals surface area (Å²) in [6.45, 7) is 0. The molecule has 0 aliphatic rings. The monoisotopic (exact) mass is 368 g/mol. The van der Waals surface area contributed by atoms with Crippen molar-refractivity contribution < 1.29 is 9.53 Å².